The largest absolute Gasteiger partial charge is 0.399 e. The van der Waals surface area contributed by atoms with Crippen LogP contribution in [0.4, 0.5) is 14.5 Å². The predicted octanol–water partition coefficient (Wildman–Crippen LogP) is 2.26. The second kappa shape index (κ2) is 4.25. The molecule has 1 saturated carbocycles. The van der Waals surface area contributed by atoms with Gasteiger partial charge in [-0.2, -0.15) is 0 Å². The third kappa shape index (κ3) is 2.13. The molecule has 0 amide bonds. The van der Waals surface area contributed by atoms with E-state index in [0.29, 0.717) is 12.8 Å². The molecule has 0 radical (unpaired) electrons. The topological polar surface area (TPSA) is 60.2 Å². The lowest BCUT2D eigenvalue weighted by atomic mass is 10.3. The summed E-state index contributed by atoms with van der Waals surface area (Å²) in [4.78, 5) is -0.835. The zero-order valence-electron chi connectivity index (χ0n) is 9.12. The molecule has 0 saturated heterocycles. The Balaban J connectivity index is 2.53. The van der Waals surface area contributed by atoms with E-state index < -0.39 is 31.6 Å². The highest BCUT2D eigenvalue weighted by molar-refractivity contribution is 7.92. The second-order valence-corrected chi connectivity index (χ2v) is 6.43. The highest BCUT2D eigenvalue weighted by Crippen LogP contribution is 2.32. The van der Waals surface area contributed by atoms with E-state index in [4.69, 9.17) is 5.73 Å². The molecule has 0 aromatic heterocycles. The Labute approximate surface area is 98.5 Å². The standard InChI is InChI=1S/C11H13F2NO2S/c12-9-5-7(14)6-10(13)11(9)17(15,16)8-3-1-2-4-8/h5-6,8H,1-4,14H2. The lowest BCUT2D eigenvalue weighted by Gasteiger charge is -2.13. The van der Waals surface area contributed by atoms with Crippen molar-refractivity contribution in [3.05, 3.63) is 23.8 Å². The molecule has 0 spiro atoms. The van der Waals surface area contributed by atoms with Gasteiger partial charge in [0.05, 0.1) is 5.25 Å². The minimum Gasteiger partial charge on any atom is -0.399 e. The SMILES string of the molecule is Nc1cc(F)c(S(=O)(=O)C2CCCC2)c(F)c1. The van der Waals surface area contributed by atoms with Gasteiger partial charge in [-0.1, -0.05) is 12.8 Å². The maximum atomic E-state index is 13.6. The molecule has 2 N–H and O–H groups in total. The number of nitrogen functional groups attached to an aromatic ring is 1. The van der Waals surface area contributed by atoms with E-state index in [1.54, 1.807) is 0 Å². The highest BCUT2D eigenvalue weighted by atomic mass is 32.2. The molecule has 1 aliphatic rings. The molecule has 6 heteroatoms. The van der Waals surface area contributed by atoms with Crippen molar-refractivity contribution < 1.29 is 17.2 Å². The van der Waals surface area contributed by atoms with Gasteiger partial charge in [0.1, 0.15) is 16.5 Å². The Bertz CT molecular complexity index is 513. The minimum absolute atomic E-state index is 0.120. The van der Waals surface area contributed by atoms with Crippen molar-refractivity contribution in [1.29, 1.82) is 0 Å². The average Bonchev–Trinajstić information content (AvgIpc) is 2.67. The van der Waals surface area contributed by atoms with Crippen molar-refractivity contribution in [2.24, 2.45) is 0 Å². The molecule has 0 atom stereocenters. The van der Waals surface area contributed by atoms with Crippen LogP contribution in [0, 0.1) is 11.6 Å². The molecule has 3 nitrogen and oxygen atoms in total. The van der Waals surface area contributed by atoms with Gasteiger partial charge in [-0.25, -0.2) is 17.2 Å². The van der Waals surface area contributed by atoms with Crippen LogP contribution in [0.2, 0.25) is 0 Å². The van der Waals surface area contributed by atoms with Crippen molar-refractivity contribution in [2.75, 3.05) is 5.73 Å². The maximum absolute atomic E-state index is 13.6. The zero-order valence-corrected chi connectivity index (χ0v) is 9.93. The fourth-order valence-corrected chi connectivity index (χ4v) is 4.17. The number of anilines is 1. The summed E-state index contributed by atoms with van der Waals surface area (Å²) >= 11 is 0. The molecule has 0 heterocycles. The number of rotatable bonds is 2. The van der Waals surface area contributed by atoms with Crippen LogP contribution in [0.3, 0.4) is 0 Å². The first-order valence-corrected chi connectivity index (χ1v) is 6.96. The molecule has 17 heavy (non-hydrogen) atoms. The molecular weight excluding hydrogens is 248 g/mol. The lowest BCUT2D eigenvalue weighted by molar-refractivity contribution is 0.514. The number of nitrogens with two attached hydrogens (primary N) is 1. The zero-order chi connectivity index (χ0) is 12.6. The average molecular weight is 261 g/mol. The monoisotopic (exact) mass is 261 g/mol. The molecule has 2 rings (SSSR count). The van der Waals surface area contributed by atoms with Crippen LogP contribution < -0.4 is 5.73 Å². The Morgan fingerprint density at radius 2 is 1.59 bits per heavy atom. The van der Waals surface area contributed by atoms with Crippen LogP contribution >= 0.6 is 0 Å². The number of halogens is 2. The Morgan fingerprint density at radius 3 is 2.06 bits per heavy atom. The predicted molar refractivity (Wildman–Crippen MR) is 60.2 cm³/mol. The summed E-state index contributed by atoms with van der Waals surface area (Å²) in [6.07, 6.45) is 2.49. The van der Waals surface area contributed by atoms with E-state index in [1.165, 1.54) is 0 Å². The van der Waals surface area contributed by atoms with E-state index in [1.807, 2.05) is 0 Å². The van der Waals surface area contributed by atoms with Crippen molar-refractivity contribution >= 4 is 15.5 Å². The Kier molecular flexibility index (Phi) is 3.07. The van der Waals surface area contributed by atoms with Gasteiger partial charge >= 0.3 is 0 Å². The van der Waals surface area contributed by atoms with Crippen molar-refractivity contribution in [1.82, 2.24) is 0 Å². The second-order valence-electron chi connectivity index (χ2n) is 4.27. The molecule has 1 fully saturated rings. The van der Waals surface area contributed by atoms with E-state index in [2.05, 4.69) is 0 Å². The summed E-state index contributed by atoms with van der Waals surface area (Å²) in [7, 11) is -3.92. The number of sulfone groups is 1. The number of benzene rings is 1. The van der Waals surface area contributed by atoms with Crippen LogP contribution in [0.5, 0.6) is 0 Å². The summed E-state index contributed by atoms with van der Waals surface area (Å²) in [5.74, 6) is -2.20. The first kappa shape index (κ1) is 12.3. The van der Waals surface area contributed by atoms with Crippen LogP contribution in [0.25, 0.3) is 0 Å². The van der Waals surface area contributed by atoms with Gasteiger partial charge in [0.2, 0.25) is 0 Å². The first-order chi connectivity index (χ1) is 7.93. The smallest absolute Gasteiger partial charge is 0.187 e. The number of hydrogen-bond donors (Lipinski definition) is 1. The minimum atomic E-state index is -3.92. The van der Waals surface area contributed by atoms with E-state index in [-0.39, 0.29) is 5.69 Å². The third-order valence-electron chi connectivity index (χ3n) is 3.05. The number of hydrogen-bond acceptors (Lipinski definition) is 3. The van der Waals surface area contributed by atoms with Gasteiger partial charge in [-0.05, 0) is 25.0 Å². The summed E-state index contributed by atoms with van der Waals surface area (Å²) in [6, 6.07) is 1.68. The molecule has 1 aromatic carbocycles. The van der Waals surface area contributed by atoms with Crippen molar-refractivity contribution in [3.63, 3.8) is 0 Å². The highest BCUT2D eigenvalue weighted by Gasteiger charge is 2.34. The summed E-state index contributed by atoms with van der Waals surface area (Å²) in [5, 5.41) is -0.671. The normalized spacial score (nSPS) is 17.5. The van der Waals surface area contributed by atoms with Gasteiger partial charge < -0.3 is 5.73 Å². The quantitative estimate of drug-likeness (QED) is 0.831. The van der Waals surface area contributed by atoms with Crippen LogP contribution in [-0.4, -0.2) is 13.7 Å². The van der Waals surface area contributed by atoms with E-state index >= 15 is 0 Å². The van der Waals surface area contributed by atoms with Gasteiger partial charge in [0, 0.05) is 5.69 Å². The van der Waals surface area contributed by atoms with Crippen LogP contribution in [0.15, 0.2) is 17.0 Å². The summed E-state index contributed by atoms with van der Waals surface area (Å²) < 4.78 is 51.3. The van der Waals surface area contributed by atoms with E-state index in [9.17, 15) is 17.2 Å². The van der Waals surface area contributed by atoms with Crippen molar-refractivity contribution in [3.8, 4) is 0 Å². The van der Waals surface area contributed by atoms with Crippen LogP contribution in [0.1, 0.15) is 25.7 Å². The van der Waals surface area contributed by atoms with Gasteiger partial charge in [-0.3, -0.25) is 0 Å². The molecule has 94 valence electrons. The van der Waals surface area contributed by atoms with Crippen molar-refractivity contribution in [2.45, 2.75) is 35.8 Å². The van der Waals surface area contributed by atoms with E-state index in [0.717, 1.165) is 25.0 Å². The summed E-state index contributed by atoms with van der Waals surface area (Å²) in [5.41, 5.74) is 5.13. The maximum Gasteiger partial charge on any atom is 0.187 e. The van der Waals surface area contributed by atoms with Gasteiger partial charge in [0.25, 0.3) is 0 Å². The first-order valence-electron chi connectivity index (χ1n) is 5.41. The molecule has 0 aliphatic heterocycles. The van der Waals surface area contributed by atoms with Crippen LogP contribution in [-0.2, 0) is 9.84 Å². The van der Waals surface area contributed by atoms with Gasteiger partial charge in [0.15, 0.2) is 9.84 Å². The Morgan fingerprint density at radius 1 is 1.12 bits per heavy atom. The molecular formula is C11H13F2NO2S. The molecule has 1 aliphatic carbocycles. The molecule has 1 aromatic rings. The lowest BCUT2D eigenvalue weighted by Crippen LogP contribution is -2.20. The molecule has 0 unspecified atom stereocenters. The third-order valence-corrected chi connectivity index (χ3v) is 5.35. The fourth-order valence-electron chi connectivity index (χ4n) is 2.22. The molecule has 0 bridgehead atoms. The fraction of sp³-hybridized carbons (Fsp3) is 0.455. The summed E-state index contributed by atoms with van der Waals surface area (Å²) in [6.45, 7) is 0. The van der Waals surface area contributed by atoms with Gasteiger partial charge in [-0.15, -0.1) is 0 Å². The Hall–Kier alpha value is -1.17.